The number of nitrogens with zero attached hydrogens (tertiary/aromatic N) is 1. The molecule has 0 radical (unpaired) electrons. The van der Waals surface area contributed by atoms with Crippen molar-refractivity contribution in [3.05, 3.63) is 102 Å². The van der Waals surface area contributed by atoms with Gasteiger partial charge in [-0.2, -0.15) is 0 Å². The van der Waals surface area contributed by atoms with Crippen molar-refractivity contribution in [3.8, 4) is 11.5 Å². The molecular formula is C22H18ClNO2. The second-order valence-corrected chi connectivity index (χ2v) is 5.92. The van der Waals surface area contributed by atoms with Crippen molar-refractivity contribution >= 4 is 23.2 Å². The Labute approximate surface area is 158 Å². The summed E-state index contributed by atoms with van der Waals surface area (Å²) in [6.07, 6.45) is 1.62. The maximum atomic E-state index is 6.22. The van der Waals surface area contributed by atoms with Gasteiger partial charge in [-0.25, -0.2) is 4.99 Å². The van der Waals surface area contributed by atoms with Crippen molar-refractivity contribution in [2.45, 2.75) is 6.92 Å². The lowest BCUT2D eigenvalue weighted by Crippen LogP contribution is -2.11. The molecule has 3 nitrogen and oxygen atoms in total. The minimum Gasteiger partial charge on any atom is -0.465 e. The molecule has 0 amide bonds. The number of hydrogen-bond donors (Lipinski definition) is 0. The molecule has 0 saturated carbocycles. The smallest absolute Gasteiger partial charge is 0.225 e. The Bertz CT molecular complexity index is 906. The fraction of sp³-hybridized carbons (Fsp3) is 0.0455. The van der Waals surface area contributed by atoms with E-state index in [1.54, 1.807) is 18.4 Å². The first-order valence-corrected chi connectivity index (χ1v) is 8.55. The van der Waals surface area contributed by atoms with Crippen LogP contribution in [0.1, 0.15) is 6.92 Å². The standard InChI is InChI=1S/C22H18ClNO2/c1-17(16-25-19-12-6-3-7-13-19)22(24-18-10-4-2-5-11-18)26-21-15-9-8-14-20(21)23/h2-16H,1H3/b17-16+,24-22?. The van der Waals surface area contributed by atoms with Crippen LogP contribution in [-0.4, -0.2) is 5.90 Å². The molecule has 0 aliphatic carbocycles. The van der Waals surface area contributed by atoms with Crippen LogP contribution in [-0.2, 0) is 0 Å². The van der Waals surface area contributed by atoms with Gasteiger partial charge in [-0.05, 0) is 43.3 Å². The molecule has 4 heteroatoms. The van der Waals surface area contributed by atoms with Crippen molar-refractivity contribution in [2.75, 3.05) is 0 Å². The summed E-state index contributed by atoms with van der Waals surface area (Å²) >= 11 is 6.22. The fourth-order valence-electron chi connectivity index (χ4n) is 2.15. The molecule has 0 aliphatic rings. The molecule has 3 aromatic carbocycles. The lowest BCUT2D eigenvalue weighted by molar-refractivity contribution is 0.473. The monoisotopic (exact) mass is 363 g/mol. The topological polar surface area (TPSA) is 30.8 Å². The first kappa shape index (κ1) is 17.8. The van der Waals surface area contributed by atoms with Crippen LogP contribution < -0.4 is 9.47 Å². The van der Waals surface area contributed by atoms with Gasteiger partial charge in [0.1, 0.15) is 11.5 Å². The first-order chi connectivity index (χ1) is 12.7. The van der Waals surface area contributed by atoms with Crippen LogP contribution in [0.25, 0.3) is 0 Å². The molecule has 0 heterocycles. The summed E-state index contributed by atoms with van der Waals surface area (Å²) in [4.78, 5) is 4.59. The van der Waals surface area contributed by atoms with Crippen LogP contribution in [0.15, 0.2) is 102 Å². The van der Waals surface area contributed by atoms with Crippen molar-refractivity contribution < 1.29 is 9.47 Å². The number of para-hydroxylation sites is 3. The van der Waals surface area contributed by atoms with Crippen LogP contribution in [0.5, 0.6) is 11.5 Å². The molecule has 3 rings (SSSR count). The summed E-state index contributed by atoms with van der Waals surface area (Å²) in [5.74, 6) is 1.69. The molecule has 130 valence electrons. The second-order valence-electron chi connectivity index (χ2n) is 5.52. The number of aliphatic imine (C=N–C) groups is 1. The zero-order valence-corrected chi connectivity index (χ0v) is 15.1. The molecule has 0 spiro atoms. The minimum absolute atomic E-state index is 0.417. The highest BCUT2D eigenvalue weighted by Gasteiger charge is 2.10. The quantitative estimate of drug-likeness (QED) is 0.297. The summed E-state index contributed by atoms with van der Waals surface area (Å²) in [6, 6.07) is 26.4. The van der Waals surface area contributed by atoms with Gasteiger partial charge < -0.3 is 9.47 Å². The van der Waals surface area contributed by atoms with E-state index in [0.29, 0.717) is 16.7 Å². The number of halogens is 1. The fourth-order valence-corrected chi connectivity index (χ4v) is 2.32. The van der Waals surface area contributed by atoms with Gasteiger partial charge in [0, 0.05) is 5.57 Å². The molecule has 0 bridgehead atoms. The average Bonchev–Trinajstić information content (AvgIpc) is 2.69. The molecule has 3 aromatic rings. The number of hydrogen-bond acceptors (Lipinski definition) is 3. The largest absolute Gasteiger partial charge is 0.465 e. The van der Waals surface area contributed by atoms with Gasteiger partial charge >= 0.3 is 0 Å². The normalized spacial score (nSPS) is 11.9. The Morgan fingerprint density at radius 1 is 0.846 bits per heavy atom. The Morgan fingerprint density at radius 2 is 1.46 bits per heavy atom. The highest BCUT2D eigenvalue weighted by molar-refractivity contribution is 6.32. The van der Waals surface area contributed by atoms with E-state index in [1.165, 1.54) is 0 Å². The minimum atomic E-state index is 0.417. The van der Waals surface area contributed by atoms with E-state index in [4.69, 9.17) is 21.1 Å². The van der Waals surface area contributed by atoms with Gasteiger partial charge in [0.05, 0.1) is 17.0 Å². The third kappa shape index (κ3) is 4.98. The van der Waals surface area contributed by atoms with E-state index >= 15 is 0 Å². The Morgan fingerprint density at radius 3 is 2.15 bits per heavy atom. The van der Waals surface area contributed by atoms with Crippen LogP contribution in [0.2, 0.25) is 5.02 Å². The van der Waals surface area contributed by atoms with E-state index in [1.807, 2.05) is 79.7 Å². The maximum absolute atomic E-state index is 6.22. The number of benzene rings is 3. The van der Waals surface area contributed by atoms with Crippen LogP contribution in [0, 0.1) is 0 Å². The lowest BCUT2D eigenvalue weighted by atomic mass is 10.3. The van der Waals surface area contributed by atoms with Gasteiger partial charge in [0.25, 0.3) is 0 Å². The molecular weight excluding hydrogens is 346 g/mol. The predicted molar refractivity (Wildman–Crippen MR) is 106 cm³/mol. The van der Waals surface area contributed by atoms with Gasteiger partial charge in [-0.3, -0.25) is 0 Å². The highest BCUT2D eigenvalue weighted by atomic mass is 35.5. The van der Waals surface area contributed by atoms with Crippen molar-refractivity contribution in [1.29, 1.82) is 0 Å². The molecule has 0 saturated heterocycles. The summed E-state index contributed by atoms with van der Waals surface area (Å²) in [5.41, 5.74) is 1.51. The van der Waals surface area contributed by atoms with Gasteiger partial charge in [-0.1, -0.05) is 60.1 Å². The summed E-state index contributed by atoms with van der Waals surface area (Å²) in [5, 5.41) is 0.519. The first-order valence-electron chi connectivity index (χ1n) is 8.17. The van der Waals surface area contributed by atoms with E-state index < -0.39 is 0 Å². The Hall–Kier alpha value is -3.04. The summed E-state index contributed by atoms with van der Waals surface area (Å²) < 4.78 is 11.7. The van der Waals surface area contributed by atoms with Gasteiger partial charge in [-0.15, -0.1) is 0 Å². The van der Waals surface area contributed by atoms with Crippen LogP contribution >= 0.6 is 11.6 Å². The van der Waals surface area contributed by atoms with Crippen LogP contribution in [0.4, 0.5) is 5.69 Å². The second kappa shape index (κ2) is 8.88. The molecule has 0 N–H and O–H groups in total. The molecule has 0 aromatic heterocycles. The summed E-state index contributed by atoms with van der Waals surface area (Å²) in [6.45, 7) is 1.88. The molecule has 0 fully saturated rings. The SMILES string of the molecule is C/C(=C\Oc1ccccc1)C(=Nc1ccccc1)Oc1ccccc1Cl. The van der Waals surface area contributed by atoms with E-state index in [9.17, 15) is 0 Å². The maximum Gasteiger partial charge on any atom is 0.225 e. The average molecular weight is 364 g/mol. The van der Waals surface area contributed by atoms with E-state index in [2.05, 4.69) is 4.99 Å². The zero-order chi connectivity index (χ0) is 18.2. The van der Waals surface area contributed by atoms with E-state index in [-0.39, 0.29) is 0 Å². The van der Waals surface area contributed by atoms with Gasteiger partial charge in [0.2, 0.25) is 5.90 Å². The lowest BCUT2D eigenvalue weighted by Gasteiger charge is -2.11. The van der Waals surface area contributed by atoms with Crippen LogP contribution in [0.3, 0.4) is 0 Å². The zero-order valence-electron chi connectivity index (χ0n) is 14.3. The third-order valence-electron chi connectivity index (χ3n) is 3.48. The number of ether oxygens (including phenoxy) is 2. The molecule has 26 heavy (non-hydrogen) atoms. The van der Waals surface area contributed by atoms with Crippen molar-refractivity contribution in [1.82, 2.24) is 0 Å². The number of rotatable bonds is 5. The molecule has 0 atom stereocenters. The molecule has 0 aliphatic heterocycles. The van der Waals surface area contributed by atoms with Crippen molar-refractivity contribution in [2.24, 2.45) is 4.99 Å². The van der Waals surface area contributed by atoms with Crippen molar-refractivity contribution in [3.63, 3.8) is 0 Å². The molecule has 0 unspecified atom stereocenters. The van der Waals surface area contributed by atoms with E-state index in [0.717, 1.165) is 17.0 Å². The third-order valence-corrected chi connectivity index (χ3v) is 3.79. The Balaban J connectivity index is 1.89. The summed E-state index contributed by atoms with van der Waals surface area (Å²) in [7, 11) is 0. The predicted octanol–water partition coefficient (Wildman–Crippen LogP) is 6.43. The highest BCUT2D eigenvalue weighted by Crippen LogP contribution is 2.25. The Kier molecular flexibility index (Phi) is 6.07. The van der Waals surface area contributed by atoms with Gasteiger partial charge in [0.15, 0.2) is 0 Å².